The zero-order valence-corrected chi connectivity index (χ0v) is 15.1. The van der Waals surface area contributed by atoms with Crippen LogP contribution in [0.25, 0.3) is 0 Å². The molecule has 0 aliphatic rings. The van der Waals surface area contributed by atoms with E-state index in [2.05, 4.69) is 10.6 Å². The molecule has 1 atom stereocenters. The number of nitriles is 1. The number of carboxylic acid groups (broad SMARTS) is 1. The van der Waals surface area contributed by atoms with Crippen LogP contribution in [0.15, 0.2) is 30.0 Å². The van der Waals surface area contributed by atoms with Crippen molar-refractivity contribution in [3.05, 3.63) is 35.5 Å². The van der Waals surface area contributed by atoms with Crippen molar-refractivity contribution >= 4 is 29.3 Å². The first-order valence-electron chi connectivity index (χ1n) is 7.47. The van der Waals surface area contributed by atoms with Gasteiger partial charge in [0.05, 0.1) is 12.8 Å². The Morgan fingerprint density at radius 1 is 1.48 bits per heavy atom. The molecule has 0 bridgehead atoms. The van der Waals surface area contributed by atoms with Crippen molar-refractivity contribution < 1.29 is 19.4 Å². The Kier molecular flexibility index (Phi) is 8.36. The van der Waals surface area contributed by atoms with Gasteiger partial charge in [-0.15, -0.1) is 0 Å². The van der Waals surface area contributed by atoms with Crippen LogP contribution in [0.1, 0.15) is 12.0 Å². The molecule has 0 aliphatic carbocycles. The van der Waals surface area contributed by atoms with E-state index in [1.807, 2.05) is 19.2 Å². The van der Waals surface area contributed by atoms with Crippen LogP contribution < -0.4 is 15.4 Å². The molecule has 0 radical (unpaired) electrons. The Bertz CT molecular complexity index is 698. The molecule has 0 saturated heterocycles. The number of hydrogen-bond donors (Lipinski definition) is 3. The van der Waals surface area contributed by atoms with Crippen LogP contribution in [0, 0.1) is 18.3 Å². The second kappa shape index (κ2) is 10.3. The van der Waals surface area contributed by atoms with Crippen molar-refractivity contribution in [2.45, 2.75) is 19.4 Å². The molecule has 0 aliphatic heterocycles. The fourth-order valence-corrected chi connectivity index (χ4v) is 2.43. The van der Waals surface area contributed by atoms with Gasteiger partial charge in [-0.05, 0) is 43.0 Å². The lowest BCUT2D eigenvalue weighted by Gasteiger charge is -2.13. The van der Waals surface area contributed by atoms with Gasteiger partial charge in [-0.1, -0.05) is 6.07 Å². The van der Waals surface area contributed by atoms with E-state index in [1.54, 1.807) is 18.2 Å². The summed E-state index contributed by atoms with van der Waals surface area (Å²) in [5, 5.41) is 23.6. The highest BCUT2D eigenvalue weighted by Crippen LogP contribution is 2.25. The van der Waals surface area contributed by atoms with Crippen LogP contribution in [0.5, 0.6) is 5.75 Å². The molecule has 1 amide bonds. The fourth-order valence-electron chi connectivity index (χ4n) is 1.96. The summed E-state index contributed by atoms with van der Waals surface area (Å²) in [5.74, 6) is -0.573. The summed E-state index contributed by atoms with van der Waals surface area (Å²) in [7, 11) is 1.48. The van der Waals surface area contributed by atoms with E-state index in [4.69, 9.17) is 9.84 Å². The number of aliphatic carboxylic acids is 1. The van der Waals surface area contributed by atoms with E-state index in [9.17, 15) is 14.9 Å². The topological polar surface area (TPSA) is 111 Å². The van der Waals surface area contributed by atoms with Gasteiger partial charge in [-0.3, -0.25) is 4.79 Å². The number of ether oxygens (including phenoxy) is 1. The van der Waals surface area contributed by atoms with E-state index in [1.165, 1.54) is 18.9 Å². The maximum absolute atomic E-state index is 12.3. The average Bonchev–Trinajstić information content (AvgIpc) is 2.58. The number of nitrogens with one attached hydrogen (secondary N) is 2. The lowest BCUT2D eigenvalue weighted by Crippen LogP contribution is -2.34. The standard InChI is InChI=1S/C17H21N3O4S/c1-11-4-5-15(24-2)14(8-11)20-16(21)12(9-18)10-19-13(17(22)23)6-7-25-3/h4-5,8,10,13,19H,6-7H2,1-3H3,(H,20,21)(H,22,23)/b12-10-. The van der Waals surface area contributed by atoms with Crippen molar-refractivity contribution in [3.63, 3.8) is 0 Å². The number of anilines is 1. The largest absolute Gasteiger partial charge is 0.495 e. The predicted octanol–water partition coefficient (Wildman–Crippen LogP) is 2.15. The molecule has 134 valence electrons. The molecule has 1 aromatic rings. The SMILES string of the molecule is COc1ccc(C)cc1NC(=O)/C(C#N)=C\NC(CCSC)C(=O)O. The molecule has 0 spiro atoms. The highest BCUT2D eigenvalue weighted by atomic mass is 32.2. The summed E-state index contributed by atoms with van der Waals surface area (Å²) in [6.45, 7) is 1.86. The molecule has 1 aromatic carbocycles. The molecule has 3 N–H and O–H groups in total. The number of rotatable bonds is 9. The molecule has 0 fully saturated rings. The van der Waals surface area contributed by atoms with Gasteiger partial charge in [0.25, 0.3) is 5.91 Å². The Morgan fingerprint density at radius 3 is 2.76 bits per heavy atom. The van der Waals surface area contributed by atoms with Gasteiger partial charge in [0.15, 0.2) is 0 Å². The van der Waals surface area contributed by atoms with Crippen LogP contribution in [0.4, 0.5) is 5.69 Å². The van der Waals surface area contributed by atoms with Crippen molar-refractivity contribution in [1.82, 2.24) is 5.32 Å². The molecule has 0 heterocycles. The highest BCUT2D eigenvalue weighted by molar-refractivity contribution is 7.98. The maximum atomic E-state index is 12.3. The summed E-state index contributed by atoms with van der Waals surface area (Å²) >= 11 is 1.52. The van der Waals surface area contributed by atoms with Crippen molar-refractivity contribution in [2.75, 3.05) is 24.4 Å². The van der Waals surface area contributed by atoms with Crippen LogP contribution in [0.3, 0.4) is 0 Å². The minimum atomic E-state index is -1.04. The van der Waals surface area contributed by atoms with Gasteiger partial charge in [0.2, 0.25) is 0 Å². The second-order valence-corrected chi connectivity index (χ2v) is 6.15. The fraction of sp³-hybridized carbons (Fsp3) is 0.353. The van der Waals surface area contributed by atoms with Crippen LogP contribution in [-0.2, 0) is 9.59 Å². The summed E-state index contributed by atoms with van der Waals surface area (Å²) in [6, 6.07) is 6.17. The second-order valence-electron chi connectivity index (χ2n) is 5.17. The zero-order valence-electron chi connectivity index (χ0n) is 14.3. The minimum Gasteiger partial charge on any atom is -0.495 e. The lowest BCUT2D eigenvalue weighted by molar-refractivity contribution is -0.139. The third-order valence-electron chi connectivity index (χ3n) is 3.31. The van der Waals surface area contributed by atoms with E-state index < -0.39 is 17.9 Å². The van der Waals surface area contributed by atoms with E-state index in [0.717, 1.165) is 11.8 Å². The van der Waals surface area contributed by atoms with Crippen molar-refractivity contribution in [3.8, 4) is 11.8 Å². The summed E-state index contributed by atoms with van der Waals surface area (Å²) < 4.78 is 5.18. The Balaban J connectivity index is 2.88. The molecule has 1 unspecified atom stereocenters. The van der Waals surface area contributed by atoms with Gasteiger partial charge in [-0.25, -0.2) is 4.79 Å². The van der Waals surface area contributed by atoms with Crippen molar-refractivity contribution in [1.29, 1.82) is 5.26 Å². The summed E-state index contributed by atoms with van der Waals surface area (Å²) in [5.41, 5.74) is 1.13. The van der Waals surface area contributed by atoms with E-state index >= 15 is 0 Å². The molecule has 0 aromatic heterocycles. The Morgan fingerprint density at radius 2 is 2.20 bits per heavy atom. The normalized spacial score (nSPS) is 12.0. The van der Waals surface area contributed by atoms with Gasteiger partial charge in [0, 0.05) is 6.20 Å². The predicted molar refractivity (Wildman–Crippen MR) is 97.6 cm³/mol. The molecule has 25 heavy (non-hydrogen) atoms. The number of aryl methyl sites for hydroxylation is 1. The minimum absolute atomic E-state index is 0.223. The van der Waals surface area contributed by atoms with E-state index in [0.29, 0.717) is 23.6 Å². The average molecular weight is 363 g/mol. The summed E-state index contributed by atoms with van der Waals surface area (Å²) in [6.07, 6.45) is 3.38. The first-order valence-corrected chi connectivity index (χ1v) is 8.86. The molecular formula is C17H21N3O4S. The van der Waals surface area contributed by atoms with Gasteiger partial charge in [0.1, 0.15) is 23.4 Å². The van der Waals surface area contributed by atoms with Crippen molar-refractivity contribution in [2.24, 2.45) is 0 Å². The molecule has 7 nitrogen and oxygen atoms in total. The number of hydrogen-bond acceptors (Lipinski definition) is 6. The maximum Gasteiger partial charge on any atom is 0.326 e. The molecule has 1 rings (SSSR count). The number of carboxylic acids is 1. The van der Waals surface area contributed by atoms with E-state index in [-0.39, 0.29) is 5.57 Å². The molecule has 0 saturated carbocycles. The number of carbonyl (C=O) groups is 2. The van der Waals surface area contributed by atoms with Crippen LogP contribution in [0.2, 0.25) is 0 Å². The molecule has 8 heteroatoms. The highest BCUT2D eigenvalue weighted by Gasteiger charge is 2.17. The third kappa shape index (κ3) is 6.39. The number of amides is 1. The lowest BCUT2D eigenvalue weighted by atomic mass is 10.2. The van der Waals surface area contributed by atoms with Gasteiger partial charge in [-0.2, -0.15) is 17.0 Å². The number of thioether (sulfide) groups is 1. The zero-order chi connectivity index (χ0) is 18.8. The Hall–Kier alpha value is -2.66. The smallest absolute Gasteiger partial charge is 0.326 e. The first kappa shape index (κ1) is 20.4. The quantitative estimate of drug-likeness (QED) is 0.455. The third-order valence-corrected chi connectivity index (χ3v) is 3.95. The van der Waals surface area contributed by atoms with Crippen LogP contribution >= 0.6 is 11.8 Å². The Labute approximate surface area is 151 Å². The van der Waals surface area contributed by atoms with Gasteiger partial charge >= 0.3 is 5.97 Å². The van der Waals surface area contributed by atoms with Gasteiger partial charge < -0.3 is 20.5 Å². The number of nitrogens with zero attached hydrogens (tertiary/aromatic N) is 1. The number of carbonyl (C=O) groups excluding carboxylic acids is 1. The van der Waals surface area contributed by atoms with Crippen LogP contribution in [-0.4, -0.2) is 42.1 Å². The molecular weight excluding hydrogens is 342 g/mol. The first-order chi connectivity index (χ1) is 11.9. The summed E-state index contributed by atoms with van der Waals surface area (Å²) in [4.78, 5) is 23.5. The monoisotopic (exact) mass is 363 g/mol. The number of methoxy groups -OCH3 is 1. The number of benzene rings is 1.